The highest BCUT2D eigenvalue weighted by Crippen LogP contribution is 2.30. The molecule has 0 radical (unpaired) electrons. The minimum Gasteiger partial charge on any atom is -0.364 e. The maximum absolute atomic E-state index is 11.0. The van der Waals surface area contributed by atoms with E-state index < -0.39 is 4.92 Å². The Labute approximate surface area is 124 Å². The Morgan fingerprint density at radius 2 is 2.10 bits per heavy atom. The quantitative estimate of drug-likeness (QED) is 0.618. The third-order valence-corrected chi connectivity index (χ3v) is 4.17. The molecule has 1 fully saturated rings. The predicted octanol–water partition coefficient (Wildman–Crippen LogP) is 3.05. The first-order valence-electron chi connectivity index (χ1n) is 7.53. The number of hydrogen-bond acceptors (Lipinski definition) is 6. The Morgan fingerprint density at radius 1 is 1.38 bits per heavy atom. The summed E-state index contributed by atoms with van der Waals surface area (Å²) in [5.74, 6) is 2.24. The van der Waals surface area contributed by atoms with E-state index in [0.29, 0.717) is 18.3 Å². The molecule has 0 spiro atoms. The number of nitrogens with one attached hydrogen (secondary N) is 2. The SMILES string of the molecule is CNc1ncc([N+](=O)[O-])c(NCCC2CCC(C)CC2)n1. The molecule has 2 rings (SSSR count). The van der Waals surface area contributed by atoms with Gasteiger partial charge in [0, 0.05) is 13.6 Å². The van der Waals surface area contributed by atoms with Crippen LogP contribution in [0.2, 0.25) is 0 Å². The smallest absolute Gasteiger partial charge is 0.329 e. The summed E-state index contributed by atoms with van der Waals surface area (Å²) < 4.78 is 0. The molecule has 0 bridgehead atoms. The first-order valence-corrected chi connectivity index (χ1v) is 7.53. The molecule has 1 saturated carbocycles. The minimum atomic E-state index is -0.454. The van der Waals surface area contributed by atoms with Crippen LogP contribution in [0.25, 0.3) is 0 Å². The highest BCUT2D eigenvalue weighted by molar-refractivity contribution is 5.56. The van der Waals surface area contributed by atoms with Crippen molar-refractivity contribution in [2.45, 2.75) is 39.0 Å². The molecule has 7 heteroatoms. The zero-order valence-electron chi connectivity index (χ0n) is 12.6. The van der Waals surface area contributed by atoms with Crippen LogP contribution in [0.5, 0.6) is 0 Å². The van der Waals surface area contributed by atoms with Crippen LogP contribution < -0.4 is 10.6 Å². The molecule has 21 heavy (non-hydrogen) atoms. The van der Waals surface area contributed by atoms with E-state index in [9.17, 15) is 10.1 Å². The normalized spacial score (nSPS) is 21.8. The Morgan fingerprint density at radius 3 is 2.71 bits per heavy atom. The number of rotatable bonds is 6. The highest BCUT2D eigenvalue weighted by atomic mass is 16.6. The van der Waals surface area contributed by atoms with E-state index in [1.807, 2.05) is 0 Å². The van der Waals surface area contributed by atoms with Gasteiger partial charge in [-0.15, -0.1) is 0 Å². The monoisotopic (exact) mass is 293 g/mol. The molecule has 116 valence electrons. The summed E-state index contributed by atoms with van der Waals surface area (Å²) >= 11 is 0. The van der Waals surface area contributed by atoms with Crippen molar-refractivity contribution in [2.75, 3.05) is 24.2 Å². The van der Waals surface area contributed by atoms with Crippen molar-refractivity contribution >= 4 is 17.5 Å². The van der Waals surface area contributed by atoms with Gasteiger partial charge in [0.25, 0.3) is 0 Å². The van der Waals surface area contributed by atoms with E-state index in [-0.39, 0.29) is 5.69 Å². The van der Waals surface area contributed by atoms with Crippen molar-refractivity contribution in [1.29, 1.82) is 0 Å². The molecule has 1 aromatic rings. The molecule has 2 N–H and O–H groups in total. The van der Waals surface area contributed by atoms with E-state index in [4.69, 9.17) is 0 Å². The van der Waals surface area contributed by atoms with Gasteiger partial charge in [0.15, 0.2) is 0 Å². The Balaban J connectivity index is 1.91. The zero-order chi connectivity index (χ0) is 15.2. The van der Waals surface area contributed by atoms with Gasteiger partial charge in [-0.1, -0.05) is 32.6 Å². The molecule has 0 amide bonds. The van der Waals surface area contributed by atoms with E-state index in [2.05, 4.69) is 27.5 Å². The lowest BCUT2D eigenvalue weighted by molar-refractivity contribution is -0.384. The van der Waals surface area contributed by atoms with Crippen molar-refractivity contribution in [2.24, 2.45) is 11.8 Å². The second-order valence-corrected chi connectivity index (χ2v) is 5.78. The molecule has 1 aromatic heterocycles. The maximum Gasteiger partial charge on any atom is 0.329 e. The van der Waals surface area contributed by atoms with Gasteiger partial charge in [-0.25, -0.2) is 4.98 Å². The molecule has 1 aliphatic carbocycles. The van der Waals surface area contributed by atoms with Crippen molar-refractivity contribution in [1.82, 2.24) is 9.97 Å². The predicted molar refractivity (Wildman–Crippen MR) is 82.5 cm³/mol. The van der Waals surface area contributed by atoms with E-state index in [1.54, 1.807) is 7.05 Å². The van der Waals surface area contributed by atoms with Crippen LogP contribution in [-0.4, -0.2) is 28.5 Å². The van der Waals surface area contributed by atoms with Crippen LogP contribution in [0.1, 0.15) is 39.0 Å². The number of hydrogen-bond donors (Lipinski definition) is 2. The number of nitro groups is 1. The van der Waals surface area contributed by atoms with Gasteiger partial charge in [0.1, 0.15) is 6.20 Å². The fourth-order valence-electron chi connectivity index (χ4n) is 2.77. The lowest BCUT2D eigenvalue weighted by Gasteiger charge is -2.26. The van der Waals surface area contributed by atoms with E-state index >= 15 is 0 Å². The van der Waals surface area contributed by atoms with Crippen molar-refractivity contribution < 1.29 is 4.92 Å². The third-order valence-electron chi connectivity index (χ3n) is 4.17. The van der Waals surface area contributed by atoms with Gasteiger partial charge in [0.2, 0.25) is 11.8 Å². The molecule has 0 aromatic carbocycles. The molecule has 7 nitrogen and oxygen atoms in total. The van der Waals surface area contributed by atoms with Crippen molar-refractivity contribution in [3.63, 3.8) is 0 Å². The van der Waals surface area contributed by atoms with Gasteiger partial charge >= 0.3 is 5.69 Å². The van der Waals surface area contributed by atoms with Gasteiger partial charge in [-0.2, -0.15) is 4.98 Å². The summed E-state index contributed by atoms with van der Waals surface area (Å²) in [4.78, 5) is 18.5. The summed E-state index contributed by atoms with van der Waals surface area (Å²) in [5.41, 5.74) is -0.0775. The van der Waals surface area contributed by atoms with Crippen LogP contribution in [0.4, 0.5) is 17.5 Å². The standard InChI is InChI=1S/C14H23N5O2/c1-10-3-5-11(6-4-10)7-8-16-13-12(19(20)21)9-17-14(15-2)18-13/h9-11H,3-8H2,1-2H3,(H2,15,16,17,18). The Bertz CT molecular complexity index is 486. The second kappa shape index (κ2) is 7.19. The Kier molecular flexibility index (Phi) is 5.30. The van der Waals surface area contributed by atoms with Crippen LogP contribution in [0.3, 0.4) is 0 Å². The summed E-state index contributed by atoms with van der Waals surface area (Å²) in [7, 11) is 1.69. The number of nitrogens with zero attached hydrogens (tertiary/aromatic N) is 3. The van der Waals surface area contributed by atoms with Gasteiger partial charge in [0.05, 0.1) is 4.92 Å². The molecule has 0 aliphatic heterocycles. The average Bonchev–Trinajstić information content (AvgIpc) is 2.49. The number of anilines is 2. The summed E-state index contributed by atoms with van der Waals surface area (Å²) in [5, 5.41) is 16.9. The molecule has 0 unspecified atom stereocenters. The minimum absolute atomic E-state index is 0.0775. The third kappa shape index (κ3) is 4.27. The molecular weight excluding hydrogens is 270 g/mol. The first-order chi connectivity index (χ1) is 10.1. The van der Waals surface area contributed by atoms with Crippen molar-refractivity contribution in [3.8, 4) is 0 Å². The Hall–Kier alpha value is -1.92. The largest absolute Gasteiger partial charge is 0.364 e. The topological polar surface area (TPSA) is 93.0 Å². The molecule has 0 atom stereocenters. The van der Waals surface area contributed by atoms with Crippen LogP contribution in [0.15, 0.2) is 6.20 Å². The van der Waals surface area contributed by atoms with Gasteiger partial charge in [-0.3, -0.25) is 10.1 Å². The van der Waals surface area contributed by atoms with Crippen molar-refractivity contribution in [3.05, 3.63) is 16.3 Å². The van der Waals surface area contributed by atoms with Crippen LogP contribution in [-0.2, 0) is 0 Å². The lowest BCUT2D eigenvalue weighted by Crippen LogP contribution is -2.16. The summed E-state index contributed by atoms with van der Waals surface area (Å²) in [6, 6.07) is 0. The zero-order valence-corrected chi connectivity index (χ0v) is 12.6. The van der Waals surface area contributed by atoms with Gasteiger partial charge < -0.3 is 10.6 Å². The first kappa shape index (κ1) is 15.5. The maximum atomic E-state index is 11.0. The fourth-order valence-corrected chi connectivity index (χ4v) is 2.77. The van der Waals surface area contributed by atoms with E-state index in [1.165, 1.54) is 31.9 Å². The second-order valence-electron chi connectivity index (χ2n) is 5.78. The molecule has 0 saturated heterocycles. The summed E-state index contributed by atoms with van der Waals surface area (Å²) in [6.07, 6.45) is 7.38. The lowest BCUT2D eigenvalue weighted by atomic mass is 9.81. The molecular formula is C14H23N5O2. The molecule has 1 aliphatic rings. The number of aromatic nitrogens is 2. The van der Waals surface area contributed by atoms with Crippen LogP contribution in [0, 0.1) is 22.0 Å². The fraction of sp³-hybridized carbons (Fsp3) is 0.714. The van der Waals surface area contributed by atoms with E-state index in [0.717, 1.165) is 18.3 Å². The molecule has 1 heterocycles. The van der Waals surface area contributed by atoms with Crippen LogP contribution >= 0.6 is 0 Å². The average molecular weight is 293 g/mol. The summed E-state index contributed by atoms with van der Waals surface area (Å²) in [6.45, 7) is 3.01. The van der Waals surface area contributed by atoms with Gasteiger partial charge in [-0.05, 0) is 18.3 Å². The highest BCUT2D eigenvalue weighted by Gasteiger charge is 2.20.